The zero-order valence-corrected chi connectivity index (χ0v) is 13.3. The fourth-order valence-corrected chi connectivity index (χ4v) is 3.49. The highest BCUT2D eigenvalue weighted by Crippen LogP contribution is 2.35. The third kappa shape index (κ3) is 2.93. The van der Waals surface area contributed by atoms with Crippen LogP contribution in [0.1, 0.15) is 32.1 Å². The number of hydrogen-bond acceptors (Lipinski definition) is 4. The number of benzene rings is 1. The predicted octanol–water partition coefficient (Wildman–Crippen LogP) is 4.07. The average Bonchev–Trinajstić information content (AvgIpc) is 3.07. The highest BCUT2D eigenvalue weighted by atomic mass is 35.5. The summed E-state index contributed by atoms with van der Waals surface area (Å²) in [5, 5.41) is 8.63. The second-order valence-electron chi connectivity index (χ2n) is 5.54. The maximum Gasteiger partial charge on any atom is 0.234 e. The van der Waals surface area contributed by atoms with Crippen LogP contribution in [0.3, 0.4) is 0 Å². The minimum absolute atomic E-state index is 0.0393. The van der Waals surface area contributed by atoms with Crippen LogP contribution in [-0.2, 0) is 5.41 Å². The van der Waals surface area contributed by atoms with Crippen molar-refractivity contribution in [3.05, 3.63) is 34.1 Å². The SMILES string of the molecule is CCCC1(c2nc(-c3cc(Cl)cc(Cl)c3)no2)CCNC1. The van der Waals surface area contributed by atoms with Crippen molar-refractivity contribution in [3.8, 4) is 11.4 Å². The van der Waals surface area contributed by atoms with Crippen LogP contribution in [-0.4, -0.2) is 23.2 Å². The standard InChI is InChI=1S/C15H17Cl2N3O/c1-2-3-15(4-5-18-9-15)14-19-13(20-21-14)10-6-11(16)8-12(17)7-10/h6-8,18H,2-5,9H2,1H3. The largest absolute Gasteiger partial charge is 0.338 e. The van der Waals surface area contributed by atoms with Gasteiger partial charge >= 0.3 is 0 Å². The van der Waals surface area contributed by atoms with Gasteiger partial charge in [0.1, 0.15) is 0 Å². The molecule has 0 radical (unpaired) electrons. The van der Waals surface area contributed by atoms with E-state index in [9.17, 15) is 0 Å². The molecular formula is C15H17Cl2N3O. The fourth-order valence-electron chi connectivity index (χ4n) is 2.96. The van der Waals surface area contributed by atoms with E-state index >= 15 is 0 Å². The van der Waals surface area contributed by atoms with Crippen LogP contribution in [0.15, 0.2) is 22.7 Å². The van der Waals surface area contributed by atoms with Gasteiger partial charge in [0.2, 0.25) is 11.7 Å². The lowest BCUT2D eigenvalue weighted by Crippen LogP contribution is -2.29. The summed E-state index contributed by atoms with van der Waals surface area (Å²) in [4.78, 5) is 4.60. The molecule has 3 rings (SSSR count). The van der Waals surface area contributed by atoms with Gasteiger partial charge in [0.05, 0.1) is 5.41 Å². The van der Waals surface area contributed by atoms with Crippen LogP contribution in [0.5, 0.6) is 0 Å². The molecule has 0 spiro atoms. The van der Waals surface area contributed by atoms with Gasteiger partial charge in [-0.2, -0.15) is 4.98 Å². The molecule has 21 heavy (non-hydrogen) atoms. The molecule has 1 aromatic carbocycles. The Kier molecular flexibility index (Phi) is 4.20. The topological polar surface area (TPSA) is 51.0 Å². The van der Waals surface area contributed by atoms with Gasteiger partial charge in [-0.3, -0.25) is 0 Å². The molecule has 0 bridgehead atoms. The molecule has 2 heterocycles. The average molecular weight is 326 g/mol. The molecule has 1 atom stereocenters. The molecule has 1 aliphatic heterocycles. The van der Waals surface area contributed by atoms with Crippen LogP contribution < -0.4 is 5.32 Å². The first kappa shape index (κ1) is 14.8. The normalized spacial score (nSPS) is 21.9. The van der Waals surface area contributed by atoms with E-state index < -0.39 is 0 Å². The van der Waals surface area contributed by atoms with Crippen molar-refractivity contribution in [1.82, 2.24) is 15.5 Å². The number of nitrogens with zero attached hydrogens (tertiary/aromatic N) is 2. The van der Waals surface area contributed by atoms with Crippen molar-refractivity contribution < 1.29 is 4.52 Å². The summed E-state index contributed by atoms with van der Waals surface area (Å²) >= 11 is 12.1. The summed E-state index contributed by atoms with van der Waals surface area (Å²) in [6.07, 6.45) is 3.15. The van der Waals surface area contributed by atoms with Crippen LogP contribution in [0.2, 0.25) is 10.0 Å². The van der Waals surface area contributed by atoms with Crippen molar-refractivity contribution in [2.24, 2.45) is 0 Å². The van der Waals surface area contributed by atoms with Gasteiger partial charge in [0.15, 0.2) is 0 Å². The summed E-state index contributed by atoms with van der Waals surface area (Å²) < 4.78 is 5.55. The quantitative estimate of drug-likeness (QED) is 0.920. The van der Waals surface area contributed by atoms with E-state index in [-0.39, 0.29) is 5.41 Å². The molecule has 1 fully saturated rings. The van der Waals surface area contributed by atoms with Crippen LogP contribution in [0.4, 0.5) is 0 Å². The minimum atomic E-state index is -0.0393. The Balaban J connectivity index is 1.95. The van der Waals surface area contributed by atoms with E-state index in [4.69, 9.17) is 27.7 Å². The summed E-state index contributed by atoms with van der Waals surface area (Å²) in [6, 6.07) is 5.27. The Morgan fingerprint density at radius 1 is 1.29 bits per heavy atom. The van der Waals surface area contributed by atoms with Crippen molar-refractivity contribution >= 4 is 23.2 Å². The van der Waals surface area contributed by atoms with Crippen molar-refractivity contribution in [2.45, 2.75) is 31.6 Å². The van der Waals surface area contributed by atoms with E-state index in [0.29, 0.717) is 21.8 Å². The molecular weight excluding hydrogens is 309 g/mol. The highest BCUT2D eigenvalue weighted by Gasteiger charge is 2.40. The minimum Gasteiger partial charge on any atom is -0.338 e. The van der Waals surface area contributed by atoms with Crippen LogP contribution in [0, 0.1) is 0 Å². The van der Waals surface area contributed by atoms with Gasteiger partial charge < -0.3 is 9.84 Å². The summed E-state index contributed by atoms with van der Waals surface area (Å²) in [7, 11) is 0. The second-order valence-corrected chi connectivity index (χ2v) is 6.41. The molecule has 112 valence electrons. The smallest absolute Gasteiger partial charge is 0.234 e. The van der Waals surface area contributed by atoms with E-state index in [1.807, 2.05) is 0 Å². The molecule has 0 amide bonds. The first-order chi connectivity index (χ1) is 10.1. The van der Waals surface area contributed by atoms with E-state index in [1.165, 1.54) is 0 Å². The Hall–Kier alpha value is -1.10. The number of rotatable bonds is 4. The van der Waals surface area contributed by atoms with Crippen LogP contribution in [0.25, 0.3) is 11.4 Å². The maximum absolute atomic E-state index is 6.03. The molecule has 1 unspecified atom stereocenters. The third-order valence-electron chi connectivity index (χ3n) is 3.97. The fraction of sp³-hybridized carbons (Fsp3) is 0.467. The third-order valence-corrected chi connectivity index (χ3v) is 4.41. The van der Waals surface area contributed by atoms with Gasteiger partial charge in [-0.1, -0.05) is 41.7 Å². The highest BCUT2D eigenvalue weighted by molar-refractivity contribution is 6.35. The Bertz CT molecular complexity index is 615. The molecule has 1 saturated heterocycles. The van der Waals surface area contributed by atoms with Crippen molar-refractivity contribution in [3.63, 3.8) is 0 Å². The molecule has 1 N–H and O–H groups in total. The van der Waals surface area contributed by atoms with Gasteiger partial charge in [-0.25, -0.2) is 0 Å². The summed E-state index contributed by atoms with van der Waals surface area (Å²) in [6.45, 7) is 4.05. The zero-order chi connectivity index (χ0) is 14.9. The summed E-state index contributed by atoms with van der Waals surface area (Å²) in [5.74, 6) is 1.25. The lowest BCUT2D eigenvalue weighted by atomic mass is 9.82. The van der Waals surface area contributed by atoms with E-state index in [1.54, 1.807) is 18.2 Å². The van der Waals surface area contributed by atoms with Crippen molar-refractivity contribution in [2.75, 3.05) is 13.1 Å². The van der Waals surface area contributed by atoms with Crippen molar-refractivity contribution in [1.29, 1.82) is 0 Å². The Morgan fingerprint density at radius 3 is 2.67 bits per heavy atom. The van der Waals surface area contributed by atoms with Gasteiger partial charge in [0.25, 0.3) is 0 Å². The summed E-state index contributed by atoms with van der Waals surface area (Å²) in [5.41, 5.74) is 0.739. The number of halogens is 2. The van der Waals surface area contributed by atoms with Crippen LogP contribution >= 0.6 is 23.2 Å². The van der Waals surface area contributed by atoms with Gasteiger partial charge in [0, 0.05) is 22.2 Å². The number of nitrogens with one attached hydrogen (secondary N) is 1. The predicted molar refractivity (Wildman–Crippen MR) is 83.8 cm³/mol. The number of aromatic nitrogens is 2. The lowest BCUT2D eigenvalue weighted by molar-refractivity contribution is 0.277. The molecule has 4 nitrogen and oxygen atoms in total. The lowest BCUT2D eigenvalue weighted by Gasteiger charge is -2.22. The van der Waals surface area contributed by atoms with Gasteiger partial charge in [-0.05, 0) is 37.6 Å². The first-order valence-corrected chi connectivity index (χ1v) is 7.90. The molecule has 2 aromatic rings. The molecule has 0 saturated carbocycles. The molecule has 1 aromatic heterocycles. The Labute approximate surface area is 133 Å². The monoisotopic (exact) mass is 325 g/mol. The molecule has 0 aliphatic carbocycles. The zero-order valence-electron chi connectivity index (χ0n) is 11.8. The Morgan fingerprint density at radius 2 is 2.05 bits per heavy atom. The first-order valence-electron chi connectivity index (χ1n) is 7.14. The maximum atomic E-state index is 6.03. The number of hydrogen-bond donors (Lipinski definition) is 1. The molecule has 6 heteroatoms. The second kappa shape index (κ2) is 5.95. The van der Waals surface area contributed by atoms with E-state index in [0.717, 1.165) is 37.9 Å². The van der Waals surface area contributed by atoms with Gasteiger partial charge in [-0.15, -0.1) is 0 Å². The van der Waals surface area contributed by atoms with E-state index in [2.05, 4.69) is 22.4 Å². The molecule has 1 aliphatic rings.